The Morgan fingerprint density at radius 1 is 1.00 bits per heavy atom. The van der Waals surface area contributed by atoms with Crippen LogP contribution in [0.5, 0.6) is 11.5 Å². The fourth-order valence-corrected chi connectivity index (χ4v) is 5.56. The average Bonchev–Trinajstić information content (AvgIpc) is 3.58. The zero-order valence-electron chi connectivity index (χ0n) is 20.2. The van der Waals surface area contributed by atoms with Crippen molar-refractivity contribution in [2.45, 2.75) is 13.5 Å². The zero-order chi connectivity index (χ0) is 25.5. The van der Waals surface area contributed by atoms with Crippen molar-refractivity contribution in [2.24, 2.45) is 12.0 Å². The van der Waals surface area contributed by atoms with E-state index in [-0.39, 0.29) is 12.4 Å². The number of para-hydroxylation sites is 1. The summed E-state index contributed by atoms with van der Waals surface area (Å²) in [7, 11) is 1.87. The van der Waals surface area contributed by atoms with Gasteiger partial charge in [0.05, 0.1) is 23.6 Å². The topological polar surface area (TPSA) is 62.7 Å². The van der Waals surface area contributed by atoms with Crippen LogP contribution in [0.1, 0.15) is 11.3 Å². The average molecular weight is 531 g/mol. The largest absolute Gasteiger partial charge is 0.454 e. The van der Waals surface area contributed by atoms with Gasteiger partial charge in [0.1, 0.15) is 0 Å². The summed E-state index contributed by atoms with van der Waals surface area (Å²) in [6.45, 7) is 2.66. The van der Waals surface area contributed by atoms with Crippen LogP contribution in [0.25, 0.3) is 16.9 Å². The normalized spacial score (nSPS) is 12.9. The van der Waals surface area contributed by atoms with Crippen LogP contribution in [0.2, 0.25) is 5.02 Å². The van der Waals surface area contributed by atoms with E-state index in [1.54, 1.807) is 4.68 Å². The van der Waals surface area contributed by atoms with Crippen LogP contribution in [0.15, 0.2) is 88.0 Å². The smallest absolute Gasteiger partial charge is 0.297 e. The highest BCUT2D eigenvalue weighted by Gasteiger charge is 2.18. The van der Waals surface area contributed by atoms with Crippen LogP contribution in [-0.4, -0.2) is 20.7 Å². The Morgan fingerprint density at radius 3 is 2.62 bits per heavy atom. The van der Waals surface area contributed by atoms with Gasteiger partial charge in [-0.15, -0.1) is 11.3 Å². The summed E-state index contributed by atoms with van der Waals surface area (Å²) in [6.07, 6.45) is 0. The van der Waals surface area contributed by atoms with Gasteiger partial charge in [0.25, 0.3) is 5.56 Å². The van der Waals surface area contributed by atoms with Crippen LogP contribution < -0.4 is 19.8 Å². The number of ether oxygens (including phenoxy) is 2. The van der Waals surface area contributed by atoms with Crippen molar-refractivity contribution < 1.29 is 9.47 Å². The van der Waals surface area contributed by atoms with E-state index in [4.69, 9.17) is 26.1 Å². The van der Waals surface area contributed by atoms with E-state index in [1.165, 1.54) is 11.3 Å². The maximum absolute atomic E-state index is 13.5. The maximum Gasteiger partial charge on any atom is 0.297 e. The molecular formula is C28H23ClN4O3S. The summed E-state index contributed by atoms with van der Waals surface area (Å²) in [6, 6.07) is 23.2. The lowest BCUT2D eigenvalue weighted by Gasteiger charge is -2.10. The molecular weight excluding hydrogens is 508 g/mol. The SMILES string of the molecule is Cc1c(N=c2scc(-c3cccc(Cl)c3)n2Cc2ccc3c(c2)OCO3)c(=O)n(-c2ccccc2)n1C. The van der Waals surface area contributed by atoms with E-state index in [2.05, 4.69) is 4.57 Å². The van der Waals surface area contributed by atoms with E-state index in [0.717, 1.165) is 39.7 Å². The second-order valence-electron chi connectivity index (χ2n) is 8.71. The van der Waals surface area contributed by atoms with Crippen molar-refractivity contribution in [1.29, 1.82) is 0 Å². The first-order chi connectivity index (χ1) is 18.0. The molecule has 0 N–H and O–H groups in total. The highest BCUT2D eigenvalue weighted by Crippen LogP contribution is 2.33. The lowest BCUT2D eigenvalue weighted by atomic mass is 10.1. The molecule has 0 saturated heterocycles. The second kappa shape index (κ2) is 9.46. The first kappa shape index (κ1) is 23.4. The molecule has 1 aliphatic rings. The number of nitrogens with zero attached hydrogens (tertiary/aromatic N) is 4. The molecule has 6 rings (SSSR count). The quantitative estimate of drug-likeness (QED) is 0.294. The summed E-state index contributed by atoms with van der Waals surface area (Å²) < 4.78 is 16.6. The van der Waals surface area contributed by atoms with Crippen LogP contribution in [0, 0.1) is 6.92 Å². The lowest BCUT2D eigenvalue weighted by molar-refractivity contribution is 0.174. The molecule has 0 unspecified atom stereocenters. The van der Waals surface area contributed by atoms with Gasteiger partial charge in [0.2, 0.25) is 6.79 Å². The molecule has 186 valence electrons. The Kier molecular flexibility index (Phi) is 5.98. The fraction of sp³-hybridized carbons (Fsp3) is 0.143. The molecule has 9 heteroatoms. The van der Waals surface area contributed by atoms with Gasteiger partial charge in [0.15, 0.2) is 22.0 Å². The molecule has 0 radical (unpaired) electrons. The zero-order valence-corrected chi connectivity index (χ0v) is 21.8. The Labute approximate surface area is 222 Å². The van der Waals surface area contributed by atoms with Crippen LogP contribution in [0.4, 0.5) is 5.69 Å². The summed E-state index contributed by atoms with van der Waals surface area (Å²) in [4.78, 5) is 19.2. The Bertz CT molecular complexity index is 1750. The molecule has 0 spiro atoms. The van der Waals surface area contributed by atoms with Gasteiger partial charge in [-0.05, 0) is 48.9 Å². The van der Waals surface area contributed by atoms with Gasteiger partial charge < -0.3 is 14.0 Å². The Balaban J connectivity index is 1.52. The molecule has 3 aromatic carbocycles. The minimum atomic E-state index is -0.168. The van der Waals surface area contributed by atoms with Crippen molar-refractivity contribution in [2.75, 3.05) is 6.79 Å². The molecule has 0 bridgehead atoms. The van der Waals surface area contributed by atoms with Crippen molar-refractivity contribution in [3.05, 3.63) is 110 Å². The van der Waals surface area contributed by atoms with Crippen molar-refractivity contribution >= 4 is 28.6 Å². The molecule has 3 heterocycles. The van der Waals surface area contributed by atoms with E-state index in [9.17, 15) is 4.79 Å². The van der Waals surface area contributed by atoms with Crippen LogP contribution in [0.3, 0.4) is 0 Å². The van der Waals surface area contributed by atoms with Crippen LogP contribution >= 0.6 is 22.9 Å². The number of rotatable bonds is 5. The lowest BCUT2D eigenvalue weighted by Crippen LogP contribution is -2.20. The summed E-state index contributed by atoms with van der Waals surface area (Å²) in [5, 5.41) is 2.70. The van der Waals surface area contributed by atoms with Crippen molar-refractivity contribution in [3.63, 3.8) is 0 Å². The molecule has 0 aliphatic carbocycles. The Morgan fingerprint density at radius 2 is 1.81 bits per heavy atom. The standard InChI is InChI=1S/C28H23ClN4O3S/c1-18-26(27(34)33(31(18)2)22-9-4-3-5-10-22)30-28-32(15-19-11-12-24-25(13-19)36-17-35-24)23(16-37-28)20-7-6-8-21(29)14-20/h3-14,16H,15,17H2,1-2H3. The molecule has 5 aromatic rings. The summed E-state index contributed by atoms with van der Waals surface area (Å²) in [5.74, 6) is 1.46. The second-order valence-corrected chi connectivity index (χ2v) is 9.98. The number of aromatic nitrogens is 3. The maximum atomic E-state index is 13.5. The molecule has 1 aliphatic heterocycles. The van der Waals surface area contributed by atoms with Crippen molar-refractivity contribution in [3.8, 4) is 28.4 Å². The molecule has 37 heavy (non-hydrogen) atoms. The number of halogens is 1. The van der Waals surface area contributed by atoms with E-state index < -0.39 is 0 Å². The minimum absolute atomic E-state index is 0.168. The summed E-state index contributed by atoms with van der Waals surface area (Å²) >= 11 is 7.81. The van der Waals surface area contributed by atoms with Gasteiger partial charge in [-0.2, -0.15) is 0 Å². The third-order valence-electron chi connectivity index (χ3n) is 6.43. The molecule has 0 atom stereocenters. The third-order valence-corrected chi connectivity index (χ3v) is 7.53. The van der Waals surface area contributed by atoms with E-state index in [0.29, 0.717) is 22.1 Å². The number of fused-ring (bicyclic) bond motifs is 1. The van der Waals surface area contributed by atoms with E-state index in [1.807, 2.05) is 96.8 Å². The molecule has 2 aromatic heterocycles. The monoisotopic (exact) mass is 530 g/mol. The first-order valence-electron chi connectivity index (χ1n) is 11.7. The highest BCUT2D eigenvalue weighted by atomic mass is 35.5. The number of hydrogen-bond donors (Lipinski definition) is 0. The van der Waals surface area contributed by atoms with Gasteiger partial charge in [0, 0.05) is 23.0 Å². The number of benzene rings is 3. The summed E-state index contributed by atoms with van der Waals surface area (Å²) in [5.41, 5.74) is 4.76. The molecule has 0 fully saturated rings. The third kappa shape index (κ3) is 4.28. The van der Waals surface area contributed by atoms with Crippen LogP contribution in [-0.2, 0) is 13.6 Å². The van der Waals surface area contributed by atoms with Gasteiger partial charge in [-0.3, -0.25) is 9.48 Å². The van der Waals surface area contributed by atoms with E-state index >= 15 is 0 Å². The highest BCUT2D eigenvalue weighted by molar-refractivity contribution is 7.07. The predicted molar refractivity (Wildman–Crippen MR) is 145 cm³/mol. The molecule has 0 amide bonds. The number of thiazole rings is 1. The number of hydrogen-bond acceptors (Lipinski definition) is 5. The van der Waals surface area contributed by atoms with Gasteiger partial charge in [-0.1, -0.05) is 48.0 Å². The first-order valence-corrected chi connectivity index (χ1v) is 13.0. The predicted octanol–water partition coefficient (Wildman–Crippen LogP) is 5.68. The van der Waals surface area contributed by atoms with Gasteiger partial charge >= 0.3 is 0 Å². The van der Waals surface area contributed by atoms with Crippen molar-refractivity contribution in [1.82, 2.24) is 13.9 Å². The minimum Gasteiger partial charge on any atom is -0.454 e. The van der Waals surface area contributed by atoms with Gasteiger partial charge in [-0.25, -0.2) is 9.67 Å². The Hall–Kier alpha value is -4.01. The fourth-order valence-electron chi connectivity index (χ4n) is 4.45. The molecule has 0 saturated carbocycles. The molecule has 7 nitrogen and oxygen atoms in total.